The second-order valence-electron chi connectivity index (χ2n) is 4.77. The van der Waals surface area contributed by atoms with Gasteiger partial charge in [-0.1, -0.05) is 41.9 Å². The van der Waals surface area contributed by atoms with E-state index >= 15 is 0 Å². The van der Waals surface area contributed by atoms with E-state index in [1.807, 2.05) is 30.3 Å². The lowest BCUT2D eigenvalue weighted by Gasteiger charge is -2.15. The summed E-state index contributed by atoms with van der Waals surface area (Å²) in [5.41, 5.74) is 1.73. The van der Waals surface area contributed by atoms with E-state index in [-0.39, 0.29) is 11.7 Å². The maximum Gasteiger partial charge on any atom is 0.189 e. The van der Waals surface area contributed by atoms with E-state index in [1.54, 1.807) is 24.3 Å². The molecule has 0 saturated heterocycles. The fraction of sp³-hybridized carbons (Fsp3) is 0.188. The van der Waals surface area contributed by atoms with Crippen molar-refractivity contribution < 1.29 is 4.79 Å². The van der Waals surface area contributed by atoms with Crippen molar-refractivity contribution in [3.63, 3.8) is 0 Å². The van der Waals surface area contributed by atoms with Crippen molar-refractivity contribution >= 4 is 17.4 Å². The summed E-state index contributed by atoms with van der Waals surface area (Å²) in [6, 6.07) is 16.4. The zero-order chi connectivity index (χ0) is 13.9. The fourth-order valence-electron chi connectivity index (χ4n) is 2.41. The maximum atomic E-state index is 12.5. The smallest absolute Gasteiger partial charge is 0.189 e. The van der Waals surface area contributed by atoms with Crippen LogP contribution in [-0.2, 0) is 0 Å². The molecule has 20 heavy (non-hydrogen) atoms. The van der Waals surface area contributed by atoms with Gasteiger partial charge in [0.25, 0.3) is 0 Å². The average Bonchev–Trinajstić information content (AvgIpc) is 2.97. The zero-order valence-electron chi connectivity index (χ0n) is 10.7. The average molecular weight is 285 g/mol. The highest BCUT2D eigenvalue weighted by molar-refractivity contribution is 6.30. The molecule has 2 unspecified atom stereocenters. The topological polar surface area (TPSA) is 41.8 Å². The standard InChI is InChI=1S/C16H13ClN2O/c17-13-8-6-12(7-9-13)16(20)15-14(10-18-19-15)11-4-2-1-3-5-11/h1-9,14-15H,10H2. The van der Waals surface area contributed by atoms with Gasteiger partial charge in [-0.3, -0.25) is 4.79 Å². The van der Waals surface area contributed by atoms with E-state index in [0.29, 0.717) is 17.1 Å². The van der Waals surface area contributed by atoms with E-state index in [4.69, 9.17) is 11.6 Å². The lowest BCUT2D eigenvalue weighted by atomic mass is 9.88. The molecule has 2 aromatic carbocycles. The lowest BCUT2D eigenvalue weighted by Crippen LogP contribution is -2.24. The van der Waals surface area contributed by atoms with Gasteiger partial charge in [0, 0.05) is 16.5 Å². The van der Waals surface area contributed by atoms with Crippen LogP contribution >= 0.6 is 11.6 Å². The molecule has 0 aliphatic carbocycles. The number of azo groups is 1. The number of carbonyl (C=O) groups is 1. The van der Waals surface area contributed by atoms with Gasteiger partial charge in [0.15, 0.2) is 5.78 Å². The van der Waals surface area contributed by atoms with Crippen LogP contribution in [-0.4, -0.2) is 18.4 Å². The third kappa shape index (κ3) is 2.49. The number of Topliss-reactive ketones (excluding diaryl/α,β-unsaturated/α-hetero) is 1. The van der Waals surface area contributed by atoms with Crippen molar-refractivity contribution in [2.75, 3.05) is 6.54 Å². The minimum absolute atomic E-state index is 0.00299. The molecule has 100 valence electrons. The number of benzene rings is 2. The number of nitrogens with zero attached hydrogens (tertiary/aromatic N) is 2. The molecular formula is C16H13ClN2O. The first kappa shape index (κ1) is 13.0. The highest BCUT2D eigenvalue weighted by atomic mass is 35.5. The van der Waals surface area contributed by atoms with Gasteiger partial charge < -0.3 is 0 Å². The largest absolute Gasteiger partial charge is 0.292 e. The molecule has 2 aromatic rings. The molecule has 0 radical (unpaired) electrons. The van der Waals surface area contributed by atoms with Gasteiger partial charge in [-0.2, -0.15) is 10.2 Å². The van der Waals surface area contributed by atoms with Crippen LogP contribution in [0.3, 0.4) is 0 Å². The molecule has 0 N–H and O–H groups in total. The van der Waals surface area contributed by atoms with Crippen molar-refractivity contribution in [1.29, 1.82) is 0 Å². The number of rotatable bonds is 3. The second-order valence-corrected chi connectivity index (χ2v) is 5.21. The molecule has 4 heteroatoms. The van der Waals surface area contributed by atoms with Crippen LogP contribution < -0.4 is 0 Å². The van der Waals surface area contributed by atoms with Crippen molar-refractivity contribution in [2.45, 2.75) is 12.0 Å². The normalized spacial score (nSPS) is 21.1. The van der Waals surface area contributed by atoms with Gasteiger partial charge in [0.2, 0.25) is 0 Å². The minimum atomic E-state index is -0.432. The van der Waals surface area contributed by atoms with Crippen LogP contribution in [0.2, 0.25) is 5.02 Å². The van der Waals surface area contributed by atoms with Crippen molar-refractivity contribution in [3.05, 3.63) is 70.7 Å². The maximum absolute atomic E-state index is 12.5. The molecule has 1 aliphatic rings. The molecule has 0 amide bonds. The van der Waals surface area contributed by atoms with Crippen molar-refractivity contribution in [2.24, 2.45) is 10.2 Å². The Morgan fingerprint density at radius 2 is 1.75 bits per heavy atom. The van der Waals surface area contributed by atoms with E-state index in [1.165, 1.54) is 0 Å². The Morgan fingerprint density at radius 3 is 2.45 bits per heavy atom. The van der Waals surface area contributed by atoms with Crippen LogP contribution in [0.1, 0.15) is 21.8 Å². The van der Waals surface area contributed by atoms with Crippen molar-refractivity contribution in [1.82, 2.24) is 0 Å². The highest BCUT2D eigenvalue weighted by Gasteiger charge is 2.33. The van der Waals surface area contributed by atoms with Crippen LogP contribution in [0.15, 0.2) is 64.8 Å². The summed E-state index contributed by atoms with van der Waals surface area (Å²) < 4.78 is 0. The van der Waals surface area contributed by atoms with Gasteiger partial charge in [-0.25, -0.2) is 0 Å². The number of carbonyl (C=O) groups excluding carboxylic acids is 1. The molecule has 0 fully saturated rings. The second kappa shape index (κ2) is 5.55. The molecule has 0 bridgehead atoms. The third-order valence-corrected chi connectivity index (χ3v) is 3.74. The molecule has 0 spiro atoms. The summed E-state index contributed by atoms with van der Waals surface area (Å²) in [6.07, 6.45) is 0. The quantitative estimate of drug-likeness (QED) is 0.781. The number of hydrogen-bond acceptors (Lipinski definition) is 3. The van der Waals surface area contributed by atoms with Crippen LogP contribution in [0, 0.1) is 0 Å². The molecule has 3 rings (SSSR count). The fourth-order valence-corrected chi connectivity index (χ4v) is 2.54. The summed E-state index contributed by atoms with van der Waals surface area (Å²) in [5, 5.41) is 8.82. The zero-order valence-corrected chi connectivity index (χ0v) is 11.5. The molecule has 0 saturated carbocycles. The van der Waals surface area contributed by atoms with E-state index in [9.17, 15) is 4.79 Å². The number of halogens is 1. The summed E-state index contributed by atoms with van der Waals surface area (Å²) >= 11 is 5.85. The van der Waals surface area contributed by atoms with E-state index in [2.05, 4.69) is 10.2 Å². The summed E-state index contributed by atoms with van der Waals surface area (Å²) in [6.45, 7) is 0.564. The minimum Gasteiger partial charge on any atom is -0.292 e. The summed E-state index contributed by atoms with van der Waals surface area (Å²) in [5.74, 6) is 0.0242. The van der Waals surface area contributed by atoms with Gasteiger partial charge in [0.05, 0.1) is 6.54 Å². The van der Waals surface area contributed by atoms with E-state index < -0.39 is 6.04 Å². The Morgan fingerprint density at radius 1 is 1.05 bits per heavy atom. The molecule has 1 heterocycles. The van der Waals surface area contributed by atoms with Crippen molar-refractivity contribution in [3.8, 4) is 0 Å². The predicted octanol–water partition coefficient (Wildman–Crippen LogP) is 4.14. The van der Waals surface area contributed by atoms with Crippen LogP contribution in [0.25, 0.3) is 0 Å². The Kier molecular flexibility index (Phi) is 3.61. The number of hydrogen-bond donors (Lipinski definition) is 0. The lowest BCUT2D eigenvalue weighted by molar-refractivity contribution is 0.0956. The first-order chi connectivity index (χ1) is 9.75. The molecular weight excluding hydrogens is 272 g/mol. The first-order valence-electron chi connectivity index (χ1n) is 6.47. The molecule has 3 nitrogen and oxygen atoms in total. The monoisotopic (exact) mass is 284 g/mol. The molecule has 0 aromatic heterocycles. The summed E-state index contributed by atoms with van der Waals surface area (Å²) in [4.78, 5) is 12.5. The molecule has 2 atom stereocenters. The van der Waals surface area contributed by atoms with Gasteiger partial charge in [0.1, 0.15) is 6.04 Å². The van der Waals surface area contributed by atoms with Crippen LogP contribution in [0.4, 0.5) is 0 Å². The Balaban J connectivity index is 1.87. The van der Waals surface area contributed by atoms with E-state index in [0.717, 1.165) is 5.56 Å². The van der Waals surface area contributed by atoms with Gasteiger partial charge in [-0.15, -0.1) is 0 Å². The molecule has 1 aliphatic heterocycles. The number of ketones is 1. The van der Waals surface area contributed by atoms with Crippen LogP contribution in [0.5, 0.6) is 0 Å². The Labute approximate surface area is 122 Å². The first-order valence-corrected chi connectivity index (χ1v) is 6.85. The Bertz CT molecular complexity index is 637. The SMILES string of the molecule is O=C(c1ccc(Cl)cc1)C1N=NCC1c1ccccc1. The highest BCUT2D eigenvalue weighted by Crippen LogP contribution is 2.30. The summed E-state index contributed by atoms with van der Waals surface area (Å²) in [7, 11) is 0. The van der Waals surface area contributed by atoms with Gasteiger partial charge in [-0.05, 0) is 29.8 Å². The Hall–Kier alpha value is -2.00. The van der Waals surface area contributed by atoms with Gasteiger partial charge >= 0.3 is 0 Å². The predicted molar refractivity (Wildman–Crippen MR) is 78.5 cm³/mol. The third-order valence-electron chi connectivity index (χ3n) is 3.49.